The summed E-state index contributed by atoms with van der Waals surface area (Å²) in [5.74, 6) is 0.481. The lowest BCUT2D eigenvalue weighted by molar-refractivity contribution is 0.0456. The molecule has 3 unspecified atom stereocenters. The predicted molar refractivity (Wildman–Crippen MR) is 79.4 cm³/mol. The SMILES string of the molecule is CNc1c(F)cccc1C(=O)N1CC(C)CC(C)C1C. The van der Waals surface area contributed by atoms with Gasteiger partial charge in [-0.25, -0.2) is 4.39 Å². The van der Waals surface area contributed by atoms with Crippen LogP contribution in [0.5, 0.6) is 0 Å². The van der Waals surface area contributed by atoms with Gasteiger partial charge in [0, 0.05) is 19.6 Å². The van der Waals surface area contributed by atoms with Gasteiger partial charge in [-0.1, -0.05) is 19.9 Å². The lowest BCUT2D eigenvalue weighted by Gasteiger charge is -2.41. The first-order chi connectivity index (χ1) is 9.45. The topological polar surface area (TPSA) is 32.3 Å². The Hall–Kier alpha value is -1.58. The second-order valence-electron chi connectivity index (χ2n) is 5.93. The summed E-state index contributed by atoms with van der Waals surface area (Å²) in [6.45, 7) is 7.15. The fourth-order valence-electron chi connectivity index (χ4n) is 3.09. The third-order valence-electron chi connectivity index (χ3n) is 4.35. The average Bonchev–Trinajstić information content (AvgIpc) is 2.41. The number of halogens is 1. The highest BCUT2D eigenvalue weighted by Crippen LogP contribution is 2.30. The number of amides is 1. The van der Waals surface area contributed by atoms with E-state index in [0.29, 0.717) is 17.4 Å². The first-order valence-electron chi connectivity index (χ1n) is 7.23. The number of hydrogen-bond acceptors (Lipinski definition) is 2. The molecule has 1 N–H and O–H groups in total. The van der Waals surface area contributed by atoms with Gasteiger partial charge in [0.1, 0.15) is 5.82 Å². The molecule has 0 aliphatic carbocycles. The number of carbonyl (C=O) groups is 1. The van der Waals surface area contributed by atoms with E-state index in [9.17, 15) is 9.18 Å². The smallest absolute Gasteiger partial charge is 0.256 e. The van der Waals surface area contributed by atoms with Crippen LogP contribution < -0.4 is 5.32 Å². The average molecular weight is 278 g/mol. The first-order valence-corrected chi connectivity index (χ1v) is 7.23. The maximum absolute atomic E-state index is 13.8. The number of piperidine rings is 1. The van der Waals surface area contributed by atoms with Crippen LogP contribution in [0.2, 0.25) is 0 Å². The molecular weight excluding hydrogens is 255 g/mol. The van der Waals surface area contributed by atoms with Crippen LogP contribution in [0.15, 0.2) is 18.2 Å². The molecule has 0 radical (unpaired) electrons. The van der Waals surface area contributed by atoms with Crippen molar-refractivity contribution in [2.45, 2.75) is 33.2 Å². The van der Waals surface area contributed by atoms with Gasteiger partial charge in [-0.05, 0) is 37.3 Å². The van der Waals surface area contributed by atoms with Gasteiger partial charge in [-0.3, -0.25) is 4.79 Å². The van der Waals surface area contributed by atoms with Crippen molar-refractivity contribution in [3.8, 4) is 0 Å². The van der Waals surface area contributed by atoms with E-state index in [-0.39, 0.29) is 23.5 Å². The van der Waals surface area contributed by atoms with Crippen LogP contribution in [0.3, 0.4) is 0 Å². The summed E-state index contributed by atoms with van der Waals surface area (Å²) in [7, 11) is 1.64. The minimum atomic E-state index is -0.385. The lowest BCUT2D eigenvalue weighted by atomic mass is 9.85. The Morgan fingerprint density at radius 2 is 2.05 bits per heavy atom. The van der Waals surface area contributed by atoms with Gasteiger partial charge in [-0.15, -0.1) is 0 Å². The van der Waals surface area contributed by atoms with E-state index in [1.54, 1.807) is 19.2 Å². The summed E-state index contributed by atoms with van der Waals surface area (Å²) in [6.07, 6.45) is 1.13. The minimum absolute atomic E-state index is 0.0836. The third kappa shape index (κ3) is 2.65. The largest absolute Gasteiger partial charge is 0.385 e. The van der Waals surface area contributed by atoms with Crippen molar-refractivity contribution in [3.05, 3.63) is 29.6 Å². The molecule has 0 saturated carbocycles. The molecule has 1 aromatic rings. The second-order valence-corrected chi connectivity index (χ2v) is 5.93. The first kappa shape index (κ1) is 14.8. The molecule has 0 aromatic heterocycles. The lowest BCUT2D eigenvalue weighted by Crippen LogP contribution is -2.49. The number of hydrogen-bond donors (Lipinski definition) is 1. The molecule has 1 heterocycles. The van der Waals surface area contributed by atoms with E-state index in [1.165, 1.54) is 6.07 Å². The molecule has 3 nitrogen and oxygen atoms in total. The van der Waals surface area contributed by atoms with Crippen LogP contribution in [-0.4, -0.2) is 30.4 Å². The molecule has 1 aliphatic rings. The standard InChI is InChI=1S/C16H23FN2O/c1-10-8-11(2)12(3)19(9-10)16(20)13-6-5-7-14(17)15(13)18-4/h5-7,10-12,18H,8-9H2,1-4H3. The highest BCUT2D eigenvalue weighted by Gasteiger charge is 2.33. The predicted octanol–water partition coefficient (Wildman–Crippen LogP) is 3.37. The van der Waals surface area contributed by atoms with Crippen molar-refractivity contribution in [1.82, 2.24) is 4.90 Å². The van der Waals surface area contributed by atoms with E-state index < -0.39 is 0 Å². The van der Waals surface area contributed by atoms with Gasteiger partial charge < -0.3 is 10.2 Å². The van der Waals surface area contributed by atoms with Crippen LogP contribution in [0.1, 0.15) is 37.6 Å². The molecule has 3 atom stereocenters. The molecule has 1 aromatic carbocycles. The Morgan fingerprint density at radius 1 is 1.35 bits per heavy atom. The quantitative estimate of drug-likeness (QED) is 0.899. The zero-order chi connectivity index (χ0) is 14.9. The fraction of sp³-hybridized carbons (Fsp3) is 0.562. The minimum Gasteiger partial charge on any atom is -0.385 e. The van der Waals surface area contributed by atoms with Crippen LogP contribution in [-0.2, 0) is 0 Å². The number of likely N-dealkylation sites (tertiary alicyclic amines) is 1. The summed E-state index contributed by atoms with van der Waals surface area (Å²) in [4.78, 5) is 14.6. The summed E-state index contributed by atoms with van der Waals surface area (Å²) in [5, 5.41) is 2.80. The van der Waals surface area contributed by atoms with Gasteiger partial charge in [-0.2, -0.15) is 0 Å². The molecule has 1 aliphatic heterocycles. The van der Waals surface area contributed by atoms with Crippen LogP contribution in [0, 0.1) is 17.7 Å². The molecule has 0 bridgehead atoms. The molecule has 110 valence electrons. The Balaban J connectivity index is 2.33. The van der Waals surface area contributed by atoms with E-state index in [0.717, 1.165) is 13.0 Å². The highest BCUT2D eigenvalue weighted by atomic mass is 19.1. The van der Waals surface area contributed by atoms with E-state index in [1.807, 2.05) is 4.90 Å². The maximum Gasteiger partial charge on any atom is 0.256 e. The van der Waals surface area contributed by atoms with Gasteiger partial charge in [0.2, 0.25) is 0 Å². The van der Waals surface area contributed by atoms with E-state index in [4.69, 9.17) is 0 Å². The number of nitrogens with zero attached hydrogens (tertiary/aromatic N) is 1. The number of nitrogens with one attached hydrogen (secondary N) is 1. The monoisotopic (exact) mass is 278 g/mol. The van der Waals surface area contributed by atoms with Gasteiger partial charge in [0.15, 0.2) is 0 Å². The number of para-hydroxylation sites is 1. The molecule has 1 amide bonds. The third-order valence-corrected chi connectivity index (χ3v) is 4.35. The number of benzene rings is 1. The van der Waals surface area contributed by atoms with Crippen LogP contribution >= 0.6 is 0 Å². The second kappa shape index (κ2) is 5.81. The molecule has 1 saturated heterocycles. The molecule has 4 heteroatoms. The van der Waals surface area contributed by atoms with Crippen molar-refractivity contribution in [3.63, 3.8) is 0 Å². The van der Waals surface area contributed by atoms with Crippen molar-refractivity contribution in [2.24, 2.45) is 11.8 Å². The number of rotatable bonds is 2. The van der Waals surface area contributed by atoms with Crippen molar-refractivity contribution in [1.29, 1.82) is 0 Å². The number of anilines is 1. The van der Waals surface area contributed by atoms with Crippen LogP contribution in [0.25, 0.3) is 0 Å². The summed E-state index contributed by atoms with van der Waals surface area (Å²) >= 11 is 0. The van der Waals surface area contributed by atoms with Crippen molar-refractivity contribution < 1.29 is 9.18 Å². The Kier molecular flexibility index (Phi) is 4.31. The molecule has 20 heavy (non-hydrogen) atoms. The summed E-state index contributed by atoms with van der Waals surface area (Å²) in [6, 6.07) is 4.83. The number of carbonyl (C=O) groups excluding carboxylic acids is 1. The molecular formula is C16H23FN2O. The molecule has 0 spiro atoms. The zero-order valence-electron chi connectivity index (χ0n) is 12.6. The summed E-state index contributed by atoms with van der Waals surface area (Å²) < 4.78 is 13.8. The fourth-order valence-corrected chi connectivity index (χ4v) is 3.09. The maximum atomic E-state index is 13.8. The Morgan fingerprint density at radius 3 is 2.70 bits per heavy atom. The van der Waals surface area contributed by atoms with Crippen molar-refractivity contribution in [2.75, 3.05) is 18.9 Å². The van der Waals surface area contributed by atoms with Gasteiger partial charge in [0.25, 0.3) is 5.91 Å². The van der Waals surface area contributed by atoms with Gasteiger partial charge >= 0.3 is 0 Å². The van der Waals surface area contributed by atoms with Gasteiger partial charge in [0.05, 0.1) is 11.3 Å². The molecule has 2 rings (SSSR count). The highest BCUT2D eigenvalue weighted by molar-refractivity contribution is 6.00. The van der Waals surface area contributed by atoms with Crippen LogP contribution in [0.4, 0.5) is 10.1 Å². The zero-order valence-corrected chi connectivity index (χ0v) is 12.6. The Labute approximate surface area is 120 Å². The van der Waals surface area contributed by atoms with E-state index in [2.05, 4.69) is 26.1 Å². The Bertz CT molecular complexity index is 503. The molecule has 1 fully saturated rings. The van der Waals surface area contributed by atoms with Crippen molar-refractivity contribution >= 4 is 11.6 Å². The normalized spacial score (nSPS) is 26.4. The van der Waals surface area contributed by atoms with E-state index >= 15 is 0 Å². The summed E-state index contributed by atoms with van der Waals surface area (Å²) in [5.41, 5.74) is 0.705.